The van der Waals surface area contributed by atoms with Gasteiger partial charge in [0.05, 0.1) is 0 Å². The number of hydrogen-bond donors (Lipinski definition) is 2. The van der Waals surface area contributed by atoms with Gasteiger partial charge in [-0.2, -0.15) is 5.10 Å². The molecule has 1 aromatic heterocycles. The summed E-state index contributed by atoms with van der Waals surface area (Å²) in [4.78, 5) is 11.2. The van der Waals surface area contributed by atoms with Crippen LogP contribution < -0.4 is 5.32 Å². The molecule has 0 aromatic carbocycles. The van der Waals surface area contributed by atoms with Gasteiger partial charge in [-0.05, 0) is 13.0 Å². The van der Waals surface area contributed by atoms with E-state index in [1.165, 1.54) is 0 Å². The second-order valence-electron chi connectivity index (χ2n) is 2.40. The van der Waals surface area contributed by atoms with Crippen LogP contribution in [0, 0.1) is 11.8 Å². The van der Waals surface area contributed by atoms with Crippen molar-refractivity contribution in [1.29, 1.82) is 0 Å². The zero-order chi connectivity index (χ0) is 9.52. The Morgan fingerprint density at radius 2 is 2.62 bits per heavy atom. The van der Waals surface area contributed by atoms with Crippen LogP contribution in [0.4, 0.5) is 0 Å². The topological polar surface area (TPSA) is 57.8 Å². The fourth-order valence-electron chi connectivity index (χ4n) is 0.841. The number of amides is 1. The van der Waals surface area contributed by atoms with Crippen molar-refractivity contribution >= 4 is 5.91 Å². The van der Waals surface area contributed by atoms with Crippen molar-refractivity contribution in [3.05, 3.63) is 18.0 Å². The number of carbonyl (C=O) groups excluding carboxylic acids is 1. The molecule has 0 fully saturated rings. The van der Waals surface area contributed by atoms with Crippen LogP contribution in [-0.4, -0.2) is 22.6 Å². The van der Waals surface area contributed by atoms with E-state index in [9.17, 15) is 4.79 Å². The maximum Gasteiger partial charge on any atom is 0.269 e. The first-order valence-corrected chi connectivity index (χ1v) is 4.02. The molecular weight excluding hydrogens is 166 g/mol. The average molecular weight is 177 g/mol. The van der Waals surface area contributed by atoms with Crippen molar-refractivity contribution in [2.24, 2.45) is 0 Å². The molecule has 1 rings (SSSR count). The molecule has 0 aliphatic rings. The number of aromatic amines is 1. The molecule has 0 aliphatic carbocycles. The molecule has 0 radical (unpaired) electrons. The minimum absolute atomic E-state index is 0.143. The third-order valence-corrected chi connectivity index (χ3v) is 1.46. The number of rotatable bonds is 3. The van der Waals surface area contributed by atoms with Crippen molar-refractivity contribution in [2.45, 2.75) is 13.3 Å². The standard InChI is InChI=1S/C9H11N3O/c1-2-3-4-6-10-9(13)8-5-7-11-12-8/h5,7H,4,6H2,1H3,(H,10,13)(H,11,12). The fourth-order valence-corrected chi connectivity index (χ4v) is 0.841. The molecule has 13 heavy (non-hydrogen) atoms. The summed E-state index contributed by atoms with van der Waals surface area (Å²) < 4.78 is 0. The molecule has 1 aromatic rings. The van der Waals surface area contributed by atoms with Gasteiger partial charge < -0.3 is 5.32 Å². The molecular formula is C9H11N3O. The Morgan fingerprint density at radius 1 is 1.77 bits per heavy atom. The average Bonchev–Trinajstić information content (AvgIpc) is 2.65. The Bertz CT molecular complexity index is 318. The third kappa shape index (κ3) is 2.99. The second-order valence-corrected chi connectivity index (χ2v) is 2.40. The molecule has 4 nitrogen and oxygen atoms in total. The third-order valence-electron chi connectivity index (χ3n) is 1.46. The van der Waals surface area contributed by atoms with Crippen molar-refractivity contribution < 1.29 is 4.79 Å². The summed E-state index contributed by atoms with van der Waals surface area (Å²) in [5, 5.41) is 8.96. The summed E-state index contributed by atoms with van der Waals surface area (Å²) in [6.45, 7) is 2.34. The summed E-state index contributed by atoms with van der Waals surface area (Å²) in [5.41, 5.74) is 0.476. The zero-order valence-corrected chi connectivity index (χ0v) is 7.42. The molecule has 0 saturated carbocycles. The first-order chi connectivity index (χ1) is 6.34. The van der Waals surface area contributed by atoms with Gasteiger partial charge in [-0.15, -0.1) is 11.8 Å². The largest absolute Gasteiger partial charge is 0.350 e. The van der Waals surface area contributed by atoms with Crippen LogP contribution in [0.3, 0.4) is 0 Å². The maximum atomic E-state index is 11.2. The monoisotopic (exact) mass is 177 g/mol. The van der Waals surface area contributed by atoms with Gasteiger partial charge in [-0.3, -0.25) is 9.89 Å². The van der Waals surface area contributed by atoms with E-state index in [-0.39, 0.29) is 5.91 Å². The number of nitrogens with zero attached hydrogens (tertiary/aromatic N) is 1. The van der Waals surface area contributed by atoms with Crippen LogP contribution in [0.1, 0.15) is 23.8 Å². The van der Waals surface area contributed by atoms with Gasteiger partial charge in [0.1, 0.15) is 5.69 Å². The minimum Gasteiger partial charge on any atom is -0.350 e. The zero-order valence-electron chi connectivity index (χ0n) is 7.42. The van der Waals surface area contributed by atoms with E-state index in [0.29, 0.717) is 18.7 Å². The van der Waals surface area contributed by atoms with E-state index in [0.717, 1.165) is 0 Å². The fraction of sp³-hybridized carbons (Fsp3) is 0.333. The predicted molar refractivity (Wildman–Crippen MR) is 49.0 cm³/mol. The van der Waals surface area contributed by atoms with Gasteiger partial charge in [0, 0.05) is 19.2 Å². The first-order valence-electron chi connectivity index (χ1n) is 4.02. The van der Waals surface area contributed by atoms with Crippen molar-refractivity contribution in [3.63, 3.8) is 0 Å². The number of H-pyrrole nitrogens is 1. The quantitative estimate of drug-likeness (QED) is 0.523. The Labute approximate surface area is 76.7 Å². The highest BCUT2D eigenvalue weighted by atomic mass is 16.1. The highest BCUT2D eigenvalue weighted by molar-refractivity contribution is 5.92. The van der Waals surface area contributed by atoms with Gasteiger partial charge in [0.15, 0.2) is 0 Å². The van der Waals surface area contributed by atoms with Gasteiger partial charge >= 0.3 is 0 Å². The molecule has 68 valence electrons. The van der Waals surface area contributed by atoms with Crippen LogP contribution in [-0.2, 0) is 0 Å². The first kappa shape index (κ1) is 9.33. The maximum absolute atomic E-state index is 11.2. The van der Waals surface area contributed by atoms with E-state index < -0.39 is 0 Å². The summed E-state index contributed by atoms with van der Waals surface area (Å²) in [6, 6.07) is 1.63. The molecule has 4 heteroatoms. The molecule has 0 atom stereocenters. The smallest absolute Gasteiger partial charge is 0.269 e. The van der Waals surface area contributed by atoms with Crippen LogP contribution in [0.25, 0.3) is 0 Å². The minimum atomic E-state index is -0.143. The van der Waals surface area contributed by atoms with E-state index in [4.69, 9.17) is 0 Å². The summed E-state index contributed by atoms with van der Waals surface area (Å²) in [5.74, 6) is 5.47. The van der Waals surface area contributed by atoms with E-state index in [2.05, 4.69) is 27.4 Å². The van der Waals surface area contributed by atoms with Gasteiger partial charge in [-0.25, -0.2) is 0 Å². The Morgan fingerprint density at radius 3 is 3.23 bits per heavy atom. The van der Waals surface area contributed by atoms with E-state index in [1.54, 1.807) is 19.2 Å². The molecule has 0 saturated heterocycles. The van der Waals surface area contributed by atoms with Crippen LogP contribution in [0.5, 0.6) is 0 Å². The predicted octanol–water partition coefficient (Wildman–Crippen LogP) is 0.553. The van der Waals surface area contributed by atoms with Crippen molar-refractivity contribution in [3.8, 4) is 11.8 Å². The van der Waals surface area contributed by atoms with E-state index in [1.807, 2.05) is 0 Å². The SMILES string of the molecule is CC#CCCNC(=O)c1ccn[nH]1. The van der Waals surface area contributed by atoms with E-state index >= 15 is 0 Å². The highest BCUT2D eigenvalue weighted by Crippen LogP contribution is 1.90. The summed E-state index contributed by atoms with van der Waals surface area (Å²) >= 11 is 0. The Kier molecular flexibility index (Phi) is 3.58. The summed E-state index contributed by atoms with van der Waals surface area (Å²) in [7, 11) is 0. The normalized spacial score (nSPS) is 8.69. The number of aromatic nitrogens is 2. The van der Waals surface area contributed by atoms with Crippen molar-refractivity contribution in [2.75, 3.05) is 6.54 Å². The van der Waals surface area contributed by atoms with Crippen LogP contribution in [0.15, 0.2) is 12.3 Å². The second kappa shape index (κ2) is 4.99. The molecule has 0 spiro atoms. The lowest BCUT2D eigenvalue weighted by Crippen LogP contribution is -2.24. The van der Waals surface area contributed by atoms with Gasteiger partial charge in [0.2, 0.25) is 0 Å². The van der Waals surface area contributed by atoms with Gasteiger partial charge in [0.25, 0.3) is 5.91 Å². The lowest BCUT2D eigenvalue weighted by Gasteiger charge is -1.98. The lowest BCUT2D eigenvalue weighted by molar-refractivity contribution is 0.0949. The highest BCUT2D eigenvalue weighted by Gasteiger charge is 2.03. The van der Waals surface area contributed by atoms with Crippen molar-refractivity contribution in [1.82, 2.24) is 15.5 Å². The molecule has 0 unspecified atom stereocenters. The van der Waals surface area contributed by atoms with Crippen LogP contribution >= 0.6 is 0 Å². The number of nitrogens with one attached hydrogen (secondary N) is 2. The molecule has 0 bridgehead atoms. The number of carbonyl (C=O) groups is 1. The molecule has 1 amide bonds. The number of hydrogen-bond acceptors (Lipinski definition) is 2. The molecule has 2 N–H and O–H groups in total. The van der Waals surface area contributed by atoms with Gasteiger partial charge in [-0.1, -0.05) is 0 Å². The lowest BCUT2D eigenvalue weighted by atomic mass is 10.3. The Balaban J connectivity index is 2.29. The van der Waals surface area contributed by atoms with Crippen LogP contribution in [0.2, 0.25) is 0 Å². The molecule has 0 aliphatic heterocycles. The summed E-state index contributed by atoms with van der Waals surface area (Å²) in [6.07, 6.45) is 2.22. The Hall–Kier alpha value is -1.76. The molecule has 1 heterocycles.